The molecule has 5 aromatic carbocycles. The van der Waals surface area contributed by atoms with E-state index in [4.69, 9.17) is 5.73 Å². The third-order valence-electron chi connectivity index (χ3n) is 15.9. The number of carbonyl (C=O) groups excluding carboxylic acids is 2. The standard InChI is InChI=1S/C24H23F4N3O2.C23H21F4N3O2.C15H19N3O.C2H6/c1-14-3-5-18-17(8-10-31(23(18)33)16-7-9-30(2)13-16)22(14)29-21(32)12-15-4-6-19(20(25)11-15)24(26,27)28;1-13-2-4-17-16(7-9-30(22(17)32)15-6-8-28-12-15)21(13)29-20(31)11-14-3-5-18(19(24)10-14)23(25,26)27;1-10-3-4-13-12(14(10)16)6-8-18(15(13)19)11-5-7-17(2)9-11;1-2/h3-6,8,10-11,16H,7,9,12-13H2,1-2H3,(H,29,32);2-5,7,9-10,15,28H,6,8,11-12H2,1H3,(H,29,31);3-4,6,8,11H,5,7,9,16H2,1-2H3;1-2H3/t16-;15-;11-;/m000./s1. The lowest BCUT2D eigenvalue weighted by Crippen LogP contribution is -2.26. The molecule has 456 valence electrons. The molecular formula is C64H69F8N9O5. The third kappa shape index (κ3) is 14.2. The van der Waals surface area contributed by atoms with Gasteiger partial charge in [-0.25, -0.2) is 8.78 Å². The molecule has 0 saturated carbocycles. The number of alkyl halides is 6. The smallest absolute Gasteiger partial charge is 0.398 e. The van der Waals surface area contributed by atoms with Gasteiger partial charge in [-0.05, 0) is 162 Å². The number of nitrogens with two attached hydrogens (primary N) is 1. The first-order chi connectivity index (χ1) is 40.8. The largest absolute Gasteiger partial charge is 0.419 e. The molecule has 2 amide bonds. The monoisotopic (exact) mass is 1200 g/mol. The fourth-order valence-electron chi connectivity index (χ4n) is 11.3. The summed E-state index contributed by atoms with van der Waals surface area (Å²) < 4.78 is 109. The fourth-order valence-corrected chi connectivity index (χ4v) is 11.3. The zero-order chi connectivity index (χ0) is 62.5. The van der Waals surface area contributed by atoms with Gasteiger partial charge >= 0.3 is 12.4 Å². The van der Waals surface area contributed by atoms with Gasteiger partial charge in [0.1, 0.15) is 11.6 Å². The van der Waals surface area contributed by atoms with E-state index in [1.54, 1.807) is 71.8 Å². The van der Waals surface area contributed by atoms with Gasteiger partial charge in [-0.2, -0.15) is 26.3 Å². The van der Waals surface area contributed by atoms with Crippen LogP contribution in [-0.2, 0) is 34.8 Å². The Morgan fingerprint density at radius 1 is 0.535 bits per heavy atom. The molecule has 8 aromatic rings. The number of pyridine rings is 3. The van der Waals surface area contributed by atoms with Crippen molar-refractivity contribution in [3.63, 3.8) is 0 Å². The minimum absolute atomic E-state index is 0.0702. The minimum Gasteiger partial charge on any atom is -0.398 e. The van der Waals surface area contributed by atoms with Crippen LogP contribution < -0.4 is 38.4 Å². The Bertz CT molecular complexity index is 4020. The molecule has 0 bridgehead atoms. The summed E-state index contributed by atoms with van der Waals surface area (Å²) in [7, 11) is 4.10. The normalized spacial score (nSPS) is 17.2. The van der Waals surface area contributed by atoms with Crippen LogP contribution in [0.1, 0.15) is 90.2 Å². The highest BCUT2D eigenvalue weighted by molar-refractivity contribution is 6.05. The number of likely N-dealkylation sites (tertiary alicyclic amines) is 2. The lowest BCUT2D eigenvalue weighted by Gasteiger charge is -2.17. The molecule has 3 atom stereocenters. The van der Waals surface area contributed by atoms with Gasteiger partial charge in [-0.1, -0.05) is 44.2 Å². The summed E-state index contributed by atoms with van der Waals surface area (Å²) >= 11 is 0. The molecule has 3 fully saturated rings. The number of anilines is 3. The number of amides is 2. The predicted octanol–water partition coefficient (Wildman–Crippen LogP) is 11.5. The lowest BCUT2D eigenvalue weighted by atomic mass is 10.0. The highest BCUT2D eigenvalue weighted by Crippen LogP contribution is 2.35. The topological polar surface area (TPSA) is 169 Å². The predicted molar refractivity (Wildman–Crippen MR) is 321 cm³/mol. The lowest BCUT2D eigenvalue weighted by molar-refractivity contribution is -0.140. The SMILES string of the molecule is CC.Cc1ccc2c(=O)n([C@H]3CCN(C)C3)ccc2c1N.Cc1ccc2c(=O)n([C@H]3CCN(C)C3)ccc2c1NC(=O)Cc1ccc(C(F)(F)F)c(F)c1.Cc1ccc2c(=O)n([C@H]3CCNC3)ccc2c1NC(=O)Cc1ccc(C(F)(F)F)c(F)c1. The Hall–Kier alpha value is -8.21. The van der Waals surface area contributed by atoms with E-state index >= 15 is 0 Å². The van der Waals surface area contributed by atoms with E-state index in [0.717, 1.165) is 97.6 Å². The van der Waals surface area contributed by atoms with Crippen LogP contribution in [0.3, 0.4) is 0 Å². The van der Waals surface area contributed by atoms with Crippen molar-refractivity contribution in [3.05, 3.63) is 191 Å². The molecule has 5 N–H and O–H groups in total. The molecule has 0 aliphatic carbocycles. The van der Waals surface area contributed by atoms with Gasteiger partial charge in [-0.3, -0.25) is 24.0 Å². The average molecular weight is 1200 g/mol. The molecular weight excluding hydrogens is 1130 g/mol. The van der Waals surface area contributed by atoms with Gasteiger partial charge in [-0.15, -0.1) is 0 Å². The number of hydrogen-bond acceptors (Lipinski definition) is 9. The van der Waals surface area contributed by atoms with Gasteiger partial charge in [0.05, 0.1) is 53.5 Å². The van der Waals surface area contributed by atoms with Gasteiger partial charge in [0.2, 0.25) is 11.8 Å². The van der Waals surface area contributed by atoms with Crippen LogP contribution in [0.5, 0.6) is 0 Å². The molecule has 6 heterocycles. The maximum Gasteiger partial charge on any atom is 0.419 e. The fraction of sp³-hybridized carbons (Fsp3) is 0.359. The zero-order valence-corrected chi connectivity index (χ0v) is 48.8. The van der Waals surface area contributed by atoms with Crippen molar-refractivity contribution in [2.75, 3.05) is 69.7 Å². The number of halogens is 8. The highest BCUT2D eigenvalue weighted by Gasteiger charge is 2.35. The van der Waals surface area contributed by atoms with Crippen molar-refractivity contribution in [3.8, 4) is 0 Å². The number of nitrogens with zero attached hydrogens (tertiary/aromatic N) is 5. The number of fused-ring (bicyclic) bond motifs is 3. The Balaban J connectivity index is 0.000000171. The summed E-state index contributed by atoms with van der Waals surface area (Å²) in [4.78, 5) is 68.3. The minimum atomic E-state index is -4.80. The number of likely N-dealkylation sites (N-methyl/N-ethyl adjacent to an activating group) is 2. The maximum atomic E-state index is 13.8. The van der Waals surface area contributed by atoms with Crippen molar-refractivity contribution in [1.29, 1.82) is 0 Å². The van der Waals surface area contributed by atoms with E-state index < -0.39 is 46.9 Å². The summed E-state index contributed by atoms with van der Waals surface area (Å²) in [6.07, 6.45) is -2.12. The number of nitrogen functional groups attached to an aromatic ring is 1. The molecule has 0 radical (unpaired) electrons. The quantitative estimate of drug-likeness (QED) is 0.0812. The second-order valence-corrected chi connectivity index (χ2v) is 21.9. The van der Waals surface area contributed by atoms with Crippen LogP contribution in [-0.4, -0.2) is 88.7 Å². The van der Waals surface area contributed by atoms with Crippen LogP contribution in [0.15, 0.2) is 124 Å². The number of aryl methyl sites for hydroxylation is 3. The molecule has 3 aromatic heterocycles. The molecule has 0 unspecified atom stereocenters. The molecule has 14 nitrogen and oxygen atoms in total. The van der Waals surface area contributed by atoms with Gasteiger partial charge in [0.25, 0.3) is 16.7 Å². The Morgan fingerprint density at radius 3 is 1.28 bits per heavy atom. The molecule has 3 aliphatic rings. The van der Waals surface area contributed by atoms with E-state index in [9.17, 15) is 59.1 Å². The second-order valence-electron chi connectivity index (χ2n) is 21.9. The summed E-state index contributed by atoms with van der Waals surface area (Å²) in [5.41, 5.74) is 7.40. The Labute approximate surface area is 491 Å². The number of aromatic nitrogens is 3. The van der Waals surface area contributed by atoms with Crippen LogP contribution in [0.4, 0.5) is 52.2 Å². The molecule has 3 aliphatic heterocycles. The molecule has 11 rings (SSSR count). The molecule has 0 spiro atoms. The second kappa shape index (κ2) is 26.6. The number of rotatable bonds is 9. The third-order valence-corrected chi connectivity index (χ3v) is 15.9. The van der Waals surface area contributed by atoms with Gasteiger partial charge in [0, 0.05) is 76.2 Å². The Kier molecular flexibility index (Phi) is 19.7. The van der Waals surface area contributed by atoms with Crippen LogP contribution in [0.2, 0.25) is 0 Å². The number of carbonyl (C=O) groups is 2. The van der Waals surface area contributed by atoms with Gasteiger partial charge < -0.3 is 45.2 Å². The first-order valence-corrected chi connectivity index (χ1v) is 28.3. The van der Waals surface area contributed by atoms with Crippen LogP contribution >= 0.6 is 0 Å². The number of hydrogen-bond donors (Lipinski definition) is 4. The van der Waals surface area contributed by atoms with Gasteiger partial charge in [0.15, 0.2) is 0 Å². The molecule has 3 saturated heterocycles. The van der Waals surface area contributed by atoms with Crippen LogP contribution in [0, 0.1) is 32.4 Å². The zero-order valence-electron chi connectivity index (χ0n) is 48.8. The van der Waals surface area contributed by atoms with Crippen molar-refractivity contribution < 1.29 is 44.7 Å². The van der Waals surface area contributed by atoms with E-state index in [1.165, 1.54) is 0 Å². The molecule has 86 heavy (non-hydrogen) atoms. The van der Waals surface area contributed by atoms with Crippen molar-refractivity contribution in [1.82, 2.24) is 28.8 Å². The number of nitrogens with one attached hydrogen (secondary N) is 3. The average Bonchev–Trinajstić information content (AvgIpc) is 1.35. The van der Waals surface area contributed by atoms with E-state index in [0.29, 0.717) is 63.4 Å². The summed E-state index contributed by atoms with van der Waals surface area (Å²) in [6.45, 7) is 14.8. The summed E-state index contributed by atoms with van der Waals surface area (Å²) in [5.74, 6) is -3.89. The summed E-state index contributed by atoms with van der Waals surface area (Å²) in [6, 6.07) is 21.5. The first-order valence-electron chi connectivity index (χ1n) is 28.3. The van der Waals surface area contributed by atoms with Crippen molar-refractivity contribution >= 4 is 61.2 Å². The van der Waals surface area contributed by atoms with E-state index in [2.05, 4.69) is 32.8 Å². The van der Waals surface area contributed by atoms with E-state index in [-0.39, 0.29) is 58.8 Å². The molecule has 22 heteroatoms. The van der Waals surface area contributed by atoms with Crippen LogP contribution in [0.25, 0.3) is 32.3 Å². The first kappa shape index (κ1) is 63.8. The van der Waals surface area contributed by atoms with Crippen molar-refractivity contribution in [2.45, 2.75) is 97.2 Å². The maximum absolute atomic E-state index is 13.8. The van der Waals surface area contributed by atoms with Crippen molar-refractivity contribution in [2.24, 2.45) is 0 Å². The van der Waals surface area contributed by atoms with E-state index in [1.807, 2.05) is 56.8 Å². The highest BCUT2D eigenvalue weighted by atomic mass is 19.4. The number of benzene rings is 5. The Morgan fingerprint density at radius 2 is 0.919 bits per heavy atom. The summed E-state index contributed by atoms with van der Waals surface area (Å²) in [5, 5.41) is 12.4.